The largest absolute Gasteiger partial charge is 0.341 e. The molecule has 2 aliphatic heterocycles. The van der Waals surface area contributed by atoms with Crippen LogP contribution in [0, 0.1) is 25.2 Å². The molecule has 2 aliphatic rings. The van der Waals surface area contributed by atoms with E-state index in [-0.39, 0.29) is 23.3 Å². The van der Waals surface area contributed by atoms with E-state index in [0.29, 0.717) is 26.1 Å². The van der Waals surface area contributed by atoms with Crippen LogP contribution in [0.3, 0.4) is 0 Å². The van der Waals surface area contributed by atoms with Crippen LogP contribution < -0.4 is 10.6 Å². The molecule has 1 aromatic rings. The van der Waals surface area contributed by atoms with E-state index in [4.69, 9.17) is 5.73 Å². The minimum atomic E-state index is -0.550. The summed E-state index contributed by atoms with van der Waals surface area (Å²) < 4.78 is 0. The maximum absolute atomic E-state index is 13.0. The van der Waals surface area contributed by atoms with Crippen molar-refractivity contribution in [3.8, 4) is 0 Å². The third-order valence-corrected chi connectivity index (χ3v) is 5.65. The SMILES string of the molecule is Cc1cc(C)cc(N2CCC(C(=O)N3CCC(N)C(C)(C)C3)C2=O)c1. The van der Waals surface area contributed by atoms with Gasteiger partial charge in [-0.15, -0.1) is 0 Å². The number of likely N-dealkylation sites (tertiary alicyclic amines) is 1. The molecule has 5 heteroatoms. The molecule has 2 N–H and O–H groups in total. The minimum Gasteiger partial charge on any atom is -0.341 e. The average Bonchev–Trinajstić information content (AvgIpc) is 2.90. The molecule has 2 fully saturated rings. The fourth-order valence-corrected chi connectivity index (χ4v) is 4.05. The quantitative estimate of drug-likeness (QED) is 0.838. The number of anilines is 1. The van der Waals surface area contributed by atoms with Gasteiger partial charge in [-0.1, -0.05) is 19.9 Å². The molecule has 2 amide bonds. The molecule has 5 nitrogen and oxygen atoms in total. The van der Waals surface area contributed by atoms with E-state index in [1.807, 2.05) is 30.9 Å². The Kier molecular flexibility index (Phi) is 4.62. The first-order valence-corrected chi connectivity index (χ1v) is 9.13. The van der Waals surface area contributed by atoms with Crippen molar-refractivity contribution < 1.29 is 9.59 Å². The molecule has 0 aliphatic carbocycles. The van der Waals surface area contributed by atoms with E-state index in [1.54, 1.807) is 4.90 Å². The van der Waals surface area contributed by atoms with Crippen molar-refractivity contribution in [2.24, 2.45) is 17.1 Å². The molecule has 2 heterocycles. The monoisotopic (exact) mass is 343 g/mol. The third-order valence-electron chi connectivity index (χ3n) is 5.65. The van der Waals surface area contributed by atoms with Crippen molar-refractivity contribution in [3.63, 3.8) is 0 Å². The standard InChI is InChI=1S/C20H29N3O2/c1-13-9-14(2)11-15(10-13)23-8-5-16(19(23)25)18(24)22-7-6-17(21)20(3,4)12-22/h9-11,16-17H,5-8,12,21H2,1-4H3. The molecule has 2 saturated heterocycles. The summed E-state index contributed by atoms with van der Waals surface area (Å²) in [6.45, 7) is 10.1. The Bertz CT molecular complexity index is 678. The maximum atomic E-state index is 13.0. The summed E-state index contributed by atoms with van der Waals surface area (Å²) in [7, 11) is 0. The predicted octanol–water partition coefficient (Wildman–Crippen LogP) is 2.24. The molecule has 0 radical (unpaired) electrons. The summed E-state index contributed by atoms with van der Waals surface area (Å²) in [6, 6.07) is 6.22. The highest BCUT2D eigenvalue weighted by molar-refractivity contribution is 6.09. The number of nitrogens with two attached hydrogens (primary N) is 1. The number of carbonyl (C=O) groups excluding carboxylic acids is 2. The molecule has 2 unspecified atom stereocenters. The molecule has 1 aromatic carbocycles. The highest BCUT2D eigenvalue weighted by Crippen LogP contribution is 2.32. The second kappa shape index (κ2) is 6.45. The number of carbonyl (C=O) groups is 2. The fourth-order valence-electron chi connectivity index (χ4n) is 4.05. The van der Waals surface area contributed by atoms with Crippen LogP contribution in [0.5, 0.6) is 0 Å². The maximum Gasteiger partial charge on any atom is 0.239 e. The number of piperidine rings is 1. The summed E-state index contributed by atoms with van der Waals surface area (Å²) in [6.07, 6.45) is 1.38. The van der Waals surface area contributed by atoms with Gasteiger partial charge in [0.2, 0.25) is 11.8 Å². The van der Waals surface area contributed by atoms with Crippen LogP contribution >= 0.6 is 0 Å². The second-order valence-corrected chi connectivity index (χ2v) is 8.32. The minimum absolute atomic E-state index is 0.0307. The highest BCUT2D eigenvalue weighted by Gasteiger charge is 2.43. The Morgan fingerprint density at radius 1 is 1.12 bits per heavy atom. The lowest BCUT2D eigenvalue weighted by Crippen LogP contribution is -2.55. The Hall–Kier alpha value is -1.88. The Labute approximate surface area is 150 Å². The zero-order chi connectivity index (χ0) is 18.4. The van der Waals surface area contributed by atoms with Gasteiger partial charge in [0, 0.05) is 31.4 Å². The number of rotatable bonds is 2. The van der Waals surface area contributed by atoms with Crippen LogP contribution in [0.1, 0.15) is 37.8 Å². The zero-order valence-corrected chi connectivity index (χ0v) is 15.7. The van der Waals surface area contributed by atoms with Crippen molar-refractivity contribution in [1.82, 2.24) is 4.90 Å². The number of nitrogens with zero attached hydrogens (tertiary/aromatic N) is 2. The first-order valence-electron chi connectivity index (χ1n) is 9.13. The van der Waals surface area contributed by atoms with Crippen LogP contribution in [-0.4, -0.2) is 42.4 Å². The predicted molar refractivity (Wildman–Crippen MR) is 99.3 cm³/mol. The van der Waals surface area contributed by atoms with Crippen molar-refractivity contribution in [2.75, 3.05) is 24.5 Å². The number of hydrogen-bond acceptors (Lipinski definition) is 3. The van der Waals surface area contributed by atoms with E-state index in [9.17, 15) is 9.59 Å². The Morgan fingerprint density at radius 3 is 2.36 bits per heavy atom. The topological polar surface area (TPSA) is 66.6 Å². The zero-order valence-electron chi connectivity index (χ0n) is 15.7. The molecule has 0 aromatic heterocycles. The van der Waals surface area contributed by atoms with Crippen molar-refractivity contribution >= 4 is 17.5 Å². The summed E-state index contributed by atoms with van der Waals surface area (Å²) in [4.78, 5) is 29.5. The number of benzene rings is 1. The fraction of sp³-hybridized carbons (Fsp3) is 0.600. The smallest absolute Gasteiger partial charge is 0.239 e. The van der Waals surface area contributed by atoms with Crippen LogP contribution in [-0.2, 0) is 9.59 Å². The summed E-state index contributed by atoms with van der Waals surface area (Å²) in [5.41, 5.74) is 9.22. The van der Waals surface area contributed by atoms with Gasteiger partial charge in [0.25, 0.3) is 0 Å². The molecule has 0 saturated carbocycles. The third kappa shape index (κ3) is 3.43. The van der Waals surface area contributed by atoms with Gasteiger partial charge in [-0.3, -0.25) is 9.59 Å². The van der Waals surface area contributed by atoms with Crippen LogP contribution in [0.15, 0.2) is 18.2 Å². The lowest BCUT2D eigenvalue weighted by molar-refractivity contribution is -0.142. The molecular formula is C20H29N3O2. The second-order valence-electron chi connectivity index (χ2n) is 8.32. The molecule has 3 rings (SSSR count). The van der Waals surface area contributed by atoms with Gasteiger partial charge in [0.05, 0.1) is 0 Å². The van der Waals surface area contributed by atoms with E-state index >= 15 is 0 Å². The van der Waals surface area contributed by atoms with E-state index in [2.05, 4.69) is 19.9 Å². The van der Waals surface area contributed by atoms with Crippen molar-refractivity contribution in [1.29, 1.82) is 0 Å². The lowest BCUT2D eigenvalue weighted by atomic mass is 9.79. The molecule has 136 valence electrons. The number of aryl methyl sites for hydroxylation is 2. The van der Waals surface area contributed by atoms with Gasteiger partial charge >= 0.3 is 0 Å². The summed E-state index contributed by atoms with van der Waals surface area (Å²) in [5, 5.41) is 0. The molecule has 2 atom stereocenters. The van der Waals surface area contributed by atoms with E-state index in [1.165, 1.54) is 0 Å². The normalized spacial score (nSPS) is 26.2. The number of amides is 2. The lowest BCUT2D eigenvalue weighted by Gasteiger charge is -2.43. The first-order chi connectivity index (χ1) is 11.7. The van der Waals surface area contributed by atoms with Gasteiger partial charge in [0.1, 0.15) is 5.92 Å². The molecule has 0 bridgehead atoms. The first kappa shape index (κ1) is 17.9. The van der Waals surface area contributed by atoms with Gasteiger partial charge < -0.3 is 15.5 Å². The summed E-state index contributed by atoms with van der Waals surface area (Å²) >= 11 is 0. The van der Waals surface area contributed by atoms with Crippen molar-refractivity contribution in [2.45, 2.75) is 46.6 Å². The Balaban J connectivity index is 1.74. The number of hydrogen-bond donors (Lipinski definition) is 1. The average molecular weight is 343 g/mol. The van der Waals surface area contributed by atoms with Gasteiger partial charge in [-0.2, -0.15) is 0 Å². The van der Waals surface area contributed by atoms with Crippen LogP contribution in [0.2, 0.25) is 0 Å². The van der Waals surface area contributed by atoms with E-state index < -0.39 is 5.92 Å². The Morgan fingerprint density at radius 2 is 1.76 bits per heavy atom. The van der Waals surface area contributed by atoms with E-state index in [0.717, 1.165) is 23.2 Å². The van der Waals surface area contributed by atoms with Gasteiger partial charge in [0.15, 0.2) is 0 Å². The van der Waals surface area contributed by atoms with Gasteiger partial charge in [-0.25, -0.2) is 0 Å². The molecule has 25 heavy (non-hydrogen) atoms. The summed E-state index contributed by atoms with van der Waals surface area (Å²) in [5.74, 6) is -0.648. The van der Waals surface area contributed by atoms with Crippen LogP contribution in [0.4, 0.5) is 5.69 Å². The van der Waals surface area contributed by atoms with Crippen molar-refractivity contribution in [3.05, 3.63) is 29.3 Å². The molecule has 0 spiro atoms. The van der Waals surface area contributed by atoms with Crippen LogP contribution in [0.25, 0.3) is 0 Å². The van der Waals surface area contributed by atoms with Gasteiger partial charge in [-0.05, 0) is 55.4 Å². The highest BCUT2D eigenvalue weighted by atomic mass is 16.2. The molecular weight excluding hydrogens is 314 g/mol.